The number of hydrogen-bond donors (Lipinski definition) is 2. The van der Waals surface area contributed by atoms with Gasteiger partial charge >= 0.3 is 5.97 Å². The molecule has 1 aromatic rings. The number of carbonyl (C=O) groups excluding carboxylic acids is 1. The Hall–Kier alpha value is -2.88. The molecule has 0 saturated heterocycles. The summed E-state index contributed by atoms with van der Waals surface area (Å²) in [5.41, 5.74) is 0.720. The lowest BCUT2D eigenvalue weighted by Crippen LogP contribution is -2.45. The van der Waals surface area contributed by atoms with Crippen molar-refractivity contribution >= 4 is 29.0 Å². The highest BCUT2D eigenvalue weighted by Crippen LogP contribution is 2.42. The van der Waals surface area contributed by atoms with E-state index in [1.165, 1.54) is 12.1 Å². The van der Waals surface area contributed by atoms with Crippen molar-refractivity contribution in [2.24, 2.45) is 0 Å². The van der Waals surface area contributed by atoms with Gasteiger partial charge in [0.2, 0.25) is 6.79 Å². The van der Waals surface area contributed by atoms with Crippen LogP contribution in [0.3, 0.4) is 0 Å². The number of esters is 1. The SMILES string of the molecule is CCOC(=O)C1=C(C)NC(=S)N[C@@H]1c1cc2c(cc1[N+](=O)[O-])OCO2. The molecule has 2 aliphatic rings. The first kappa shape index (κ1) is 17.0. The minimum Gasteiger partial charge on any atom is -0.463 e. The van der Waals surface area contributed by atoms with Gasteiger partial charge in [-0.25, -0.2) is 4.79 Å². The minimum absolute atomic E-state index is 0.0202. The zero-order valence-electron chi connectivity index (χ0n) is 13.5. The molecule has 0 spiro atoms. The molecule has 0 aliphatic carbocycles. The quantitative estimate of drug-likeness (QED) is 0.356. The third-order valence-electron chi connectivity index (χ3n) is 3.79. The van der Waals surface area contributed by atoms with E-state index in [9.17, 15) is 14.9 Å². The smallest absolute Gasteiger partial charge is 0.338 e. The molecular weight excluding hydrogens is 350 g/mol. The molecule has 2 heterocycles. The van der Waals surface area contributed by atoms with Crippen LogP contribution in [0.5, 0.6) is 11.5 Å². The first-order valence-corrected chi connectivity index (χ1v) is 7.86. The van der Waals surface area contributed by atoms with Crippen LogP contribution in [0.4, 0.5) is 5.69 Å². The van der Waals surface area contributed by atoms with E-state index in [4.69, 9.17) is 26.4 Å². The number of ether oxygens (including phenoxy) is 3. The Labute approximate surface area is 148 Å². The molecule has 9 nitrogen and oxygen atoms in total. The fourth-order valence-electron chi connectivity index (χ4n) is 2.74. The summed E-state index contributed by atoms with van der Waals surface area (Å²) in [4.78, 5) is 23.4. The molecule has 0 amide bonds. The second kappa shape index (κ2) is 6.55. The van der Waals surface area contributed by atoms with Crippen molar-refractivity contribution in [1.29, 1.82) is 0 Å². The maximum absolute atomic E-state index is 12.4. The number of rotatable bonds is 4. The van der Waals surface area contributed by atoms with Crippen LogP contribution in [-0.4, -0.2) is 29.4 Å². The van der Waals surface area contributed by atoms with Crippen LogP contribution in [0.1, 0.15) is 25.5 Å². The van der Waals surface area contributed by atoms with Crippen LogP contribution in [0.25, 0.3) is 0 Å². The average Bonchev–Trinajstić information content (AvgIpc) is 3.00. The number of nitrogens with zero attached hydrogens (tertiary/aromatic N) is 1. The van der Waals surface area contributed by atoms with Gasteiger partial charge in [0.25, 0.3) is 5.69 Å². The molecular formula is C15H15N3O6S. The van der Waals surface area contributed by atoms with Gasteiger partial charge < -0.3 is 24.8 Å². The van der Waals surface area contributed by atoms with E-state index in [1.54, 1.807) is 13.8 Å². The Bertz CT molecular complexity index is 807. The van der Waals surface area contributed by atoms with Gasteiger partial charge in [0.05, 0.1) is 34.8 Å². The standard InChI is InChI=1S/C15H15N3O6S/c1-3-22-14(19)12-7(2)16-15(25)17-13(12)8-4-10-11(24-6-23-10)5-9(8)18(20)21/h4-5,13H,3,6H2,1-2H3,(H2,16,17,25)/t13-/m1/s1. The topological polar surface area (TPSA) is 112 Å². The Morgan fingerprint density at radius 2 is 2.12 bits per heavy atom. The van der Waals surface area contributed by atoms with Gasteiger partial charge in [0.15, 0.2) is 16.6 Å². The number of allylic oxidation sites excluding steroid dienone is 1. The van der Waals surface area contributed by atoms with Crippen LogP contribution in [0.15, 0.2) is 23.4 Å². The molecule has 0 bridgehead atoms. The Morgan fingerprint density at radius 1 is 1.44 bits per heavy atom. The molecule has 0 aromatic heterocycles. The summed E-state index contributed by atoms with van der Waals surface area (Å²) in [6, 6.07) is 1.92. The zero-order chi connectivity index (χ0) is 18.1. The van der Waals surface area contributed by atoms with E-state index in [0.29, 0.717) is 11.4 Å². The van der Waals surface area contributed by atoms with E-state index >= 15 is 0 Å². The number of fused-ring (bicyclic) bond motifs is 1. The number of carbonyl (C=O) groups is 1. The number of nitrogens with one attached hydrogen (secondary N) is 2. The fraction of sp³-hybridized carbons (Fsp3) is 0.333. The van der Waals surface area contributed by atoms with Gasteiger partial charge in [-0.2, -0.15) is 0 Å². The average molecular weight is 365 g/mol. The first-order chi connectivity index (χ1) is 11.9. The zero-order valence-corrected chi connectivity index (χ0v) is 14.3. The summed E-state index contributed by atoms with van der Waals surface area (Å²) in [6.07, 6.45) is 0. The summed E-state index contributed by atoms with van der Waals surface area (Å²) in [7, 11) is 0. The second-order valence-electron chi connectivity index (χ2n) is 5.31. The number of benzene rings is 1. The summed E-state index contributed by atoms with van der Waals surface area (Å²) >= 11 is 5.14. The van der Waals surface area contributed by atoms with Gasteiger partial charge in [-0.3, -0.25) is 10.1 Å². The number of hydrogen-bond acceptors (Lipinski definition) is 7. The fourth-order valence-corrected chi connectivity index (χ4v) is 3.01. The molecule has 10 heteroatoms. The van der Waals surface area contributed by atoms with Crippen molar-refractivity contribution in [3.63, 3.8) is 0 Å². The summed E-state index contributed by atoms with van der Waals surface area (Å²) in [6.45, 7) is 3.50. The largest absolute Gasteiger partial charge is 0.463 e. The van der Waals surface area contributed by atoms with Crippen molar-refractivity contribution in [2.45, 2.75) is 19.9 Å². The van der Waals surface area contributed by atoms with Gasteiger partial charge in [-0.15, -0.1) is 0 Å². The second-order valence-corrected chi connectivity index (χ2v) is 5.72. The molecule has 2 aliphatic heterocycles. The molecule has 132 valence electrons. The maximum atomic E-state index is 12.4. The van der Waals surface area contributed by atoms with Gasteiger partial charge in [0.1, 0.15) is 0 Å². The van der Waals surface area contributed by atoms with Crippen molar-refractivity contribution in [3.05, 3.63) is 39.1 Å². The minimum atomic E-state index is -0.845. The third-order valence-corrected chi connectivity index (χ3v) is 4.01. The van der Waals surface area contributed by atoms with Gasteiger partial charge in [0, 0.05) is 5.70 Å². The third kappa shape index (κ3) is 3.07. The van der Waals surface area contributed by atoms with Crippen molar-refractivity contribution in [3.8, 4) is 11.5 Å². The normalized spacial score (nSPS) is 18.5. The monoisotopic (exact) mass is 365 g/mol. The Morgan fingerprint density at radius 3 is 2.76 bits per heavy atom. The molecule has 1 atom stereocenters. The predicted molar refractivity (Wildman–Crippen MR) is 90.2 cm³/mol. The number of nitro groups is 1. The lowest BCUT2D eigenvalue weighted by molar-refractivity contribution is -0.385. The Balaban J connectivity index is 2.15. The summed E-state index contributed by atoms with van der Waals surface area (Å²) in [5.74, 6) is 0.0672. The number of nitro benzene ring substituents is 1. The lowest BCUT2D eigenvalue weighted by atomic mass is 9.94. The molecule has 25 heavy (non-hydrogen) atoms. The maximum Gasteiger partial charge on any atom is 0.338 e. The van der Waals surface area contributed by atoms with Crippen LogP contribution in [0.2, 0.25) is 0 Å². The molecule has 0 unspecified atom stereocenters. The molecule has 0 saturated carbocycles. The van der Waals surface area contributed by atoms with E-state index in [1.807, 2.05) is 0 Å². The van der Waals surface area contributed by atoms with E-state index in [-0.39, 0.29) is 41.1 Å². The highest BCUT2D eigenvalue weighted by Gasteiger charge is 2.36. The van der Waals surface area contributed by atoms with E-state index < -0.39 is 16.9 Å². The van der Waals surface area contributed by atoms with Crippen LogP contribution >= 0.6 is 12.2 Å². The molecule has 0 radical (unpaired) electrons. The van der Waals surface area contributed by atoms with Crippen LogP contribution < -0.4 is 20.1 Å². The highest BCUT2D eigenvalue weighted by molar-refractivity contribution is 7.80. The Kier molecular flexibility index (Phi) is 4.45. The van der Waals surface area contributed by atoms with Crippen LogP contribution in [-0.2, 0) is 9.53 Å². The van der Waals surface area contributed by atoms with Crippen molar-refractivity contribution in [1.82, 2.24) is 10.6 Å². The highest BCUT2D eigenvalue weighted by atomic mass is 32.1. The van der Waals surface area contributed by atoms with Crippen molar-refractivity contribution < 1.29 is 23.9 Å². The predicted octanol–water partition coefficient (Wildman–Crippen LogP) is 1.68. The molecule has 2 N–H and O–H groups in total. The van der Waals surface area contributed by atoms with Crippen LogP contribution in [0, 0.1) is 10.1 Å². The number of thiocarbonyl (C=S) groups is 1. The summed E-state index contributed by atoms with van der Waals surface area (Å²) < 4.78 is 15.6. The van der Waals surface area contributed by atoms with Gasteiger partial charge in [-0.05, 0) is 32.1 Å². The lowest BCUT2D eigenvalue weighted by Gasteiger charge is -2.29. The molecule has 3 rings (SSSR count). The van der Waals surface area contributed by atoms with Gasteiger partial charge in [-0.1, -0.05) is 0 Å². The van der Waals surface area contributed by atoms with E-state index in [2.05, 4.69) is 10.6 Å². The summed E-state index contributed by atoms with van der Waals surface area (Å²) in [5, 5.41) is 17.5. The van der Waals surface area contributed by atoms with Crippen molar-refractivity contribution in [2.75, 3.05) is 13.4 Å². The molecule has 0 fully saturated rings. The van der Waals surface area contributed by atoms with E-state index in [0.717, 1.165) is 0 Å². The first-order valence-electron chi connectivity index (χ1n) is 7.45. The molecule has 1 aromatic carbocycles.